The lowest BCUT2D eigenvalue weighted by molar-refractivity contribution is -0.137. The van der Waals surface area contributed by atoms with Gasteiger partial charge in [0.05, 0.1) is 0 Å². The number of hydrogen-bond donors (Lipinski definition) is 1. The summed E-state index contributed by atoms with van der Waals surface area (Å²) < 4.78 is 0. The normalized spacial score (nSPS) is 7.82. The summed E-state index contributed by atoms with van der Waals surface area (Å²) in [5.41, 5.74) is 0. The zero-order valence-electron chi connectivity index (χ0n) is 7.18. The molecule has 0 spiro atoms. The Kier molecular flexibility index (Phi) is 13.9. The van der Waals surface area contributed by atoms with E-state index in [-0.39, 0.29) is 0 Å². The van der Waals surface area contributed by atoms with Crippen molar-refractivity contribution in [1.82, 2.24) is 0 Å². The Labute approximate surface area is 68.9 Å². The molecule has 0 aliphatic carbocycles. The van der Waals surface area contributed by atoms with Gasteiger partial charge >= 0.3 is 5.97 Å². The molecule has 0 amide bonds. The maximum atomic E-state index is 9.87. The van der Waals surface area contributed by atoms with Crippen LogP contribution in [0.2, 0.25) is 0 Å². The summed E-state index contributed by atoms with van der Waals surface area (Å²) in [6.45, 7) is 8.56. The fourth-order valence-corrected chi connectivity index (χ4v) is 0.526. The predicted octanol–water partition coefficient (Wildman–Crippen LogP) is 2.66. The molecule has 2 heteroatoms. The zero-order chi connectivity index (χ0) is 9.11. The van der Waals surface area contributed by atoms with E-state index in [4.69, 9.17) is 5.11 Å². The minimum Gasteiger partial charge on any atom is -0.481 e. The minimum atomic E-state index is -0.682. The van der Waals surface area contributed by atoms with Gasteiger partial charge in [0.2, 0.25) is 0 Å². The van der Waals surface area contributed by atoms with Crippen LogP contribution in [-0.2, 0) is 4.79 Å². The van der Waals surface area contributed by atoms with Crippen LogP contribution < -0.4 is 0 Å². The second kappa shape index (κ2) is 11.9. The fourth-order valence-electron chi connectivity index (χ4n) is 0.526. The van der Waals surface area contributed by atoms with Gasteiger partial charge in [-0.2, -0.15) is 0 Å². The van der Waals surface area contributed by atoms with E-state index in [1.165, 1.54) is 6.08 Å². The topological polar surface area (TPSA) is 37.3 Å². The molecule has 0 aromatic heterocycles. The third-order valence-corrected chi connectivity index (χ3v) is 0.994. The van der Waals surface area contributed by atoms with Crippen molar-refractivity contribution < 1.29 is 9.90 Å². The average Bonchev–Trinajstić information content (AvgIpc) is 1.89. The third-order valence-electron chi connectivity index (χ3n) is 0.994. The standard InChI is InChI=1S/C6H12O2.C3H5/c1-2-3-4-5-6(7)8;1-3-2/h2-5H2,1H3,(H,7,8);3H,1-2H2. The lowest BCUT2D eigenvalue weighted by Crippen LogP contribution is -1.92. The second-order valence-electron chi connectivity index (χ2n) is 2.14. The maximum absolute atomic E-state index is 9.87. The van der Waals surface area contributed by atoms with Gasteiger partial charge in [0.15, 0.2) is 0 Å². The first-order valence-corrected chi connectivity index (χ1v) is 3.80. The van der Waals surface area contributed by atoms with Crippen molar-refractivity contribution in [3.63, 3.8) is 0 Å². The second-order valence-corrected chi connectivity index (χ2v) is 2.14. The van der Waals surface area contributed by atoms with Gasteiger partial charge in [-0.15, -0.1) is 6.58 Å². The molecule has 2 nitrogen and oxygen atoms in total. The quantitative estimate of drug-likeness (QED) is 0.637. The van der Waals surface area contributed by atoms with E-state index in [9.17, 15) is 4.79 Å². The summed E-state index contributed by atoms with van der Waals surface area (Å²) >= 11 is 0. The molecule has 0 aromatic carbocycles. The van der Waals surface area contributed by atoms with E-state index in [1.807, 2.05) is 0 Å². The zero-order valence-corrected chi connectivity index (χ0v) is 7.18. The average molecular weight is 157 g/mol. The van der Waals surface area contributed by atoms with Gasteiger partial charge < -0.3 is 5.11 Å². The van der Waals surface area contributed by atoms with Gasteiger partial charge in [-0.05, 0) is 13.3 Å². The number of aliphatic carboxylic acids is 1. The highest BCUT2D eigenvalue weighted by Gasteiger charge is 1.92. The van der Waals surface area contributed by atoms with Crippen LogP contribution in [0.4, 0.5) is 0 Å². The molecule has 1 radical (unpaired) electrons. The molecular formula is C9H17O2. The predicted molar refractivity (Wildman–Crippen MR) is 47.3 cm³/mol. The molecule has 0 aliphatic rings. The van der Waals surface area contributed by atoms with Gasteiger partial charge in [0.1, 0.15) is 0 Å². The van der Waals surface area contributed by atoms with E-state index in [2.05, 4.69) is 20.4 Å². The smallest absolute Gasteiger partial charge is 0.303 e. The summed E-state index contributed by atoms with van der Waals surface area (Å²) in [7, 11) is 0. The number of carboxylic acids is 1. The molecule has 0 saturated heterocycles. The van der Waals surface area contributed by atoms with Crippen LogP contribution in [0.25, 0.3) is 0 Å². The molecule has 0 fully saturated rings. The first-order valence-electron chi connectivity index (χ1n) is 3.80. The molecule has 0 heterocycles. The minimum absolute atomic E-state index is 0.327. The van der Waals surface area contributed by atoms with Crippen molar-refractivity contribution in [3.05, 3.63) is 19.6 Å². The Morgan fingerprint density at radius 1 is 1.55 bits per heavy atom. The van der Waals surface area contributed by atoms with Gasteiger partial charge in [0.25, 0.3) is 0 Å². The monoisotopic (exact) mass is 157 g/mol. The molecule has 0 atom stereocenters. The summed E-state index contributed by atoms with van der Waals surface area (Å²) in [5.74, 6) is -0.682. The number of unbranched alkanes of at least 4 members (excludes halogenated alkanes) is 2. The number of carboxylic acid groups (broad SMARTS) is 1. The maximum Gasteiger partial charge on any atom is 0.303 e. The van der Waals surface area contributed by atoms with Crippen LogP contribution in [0.5, 0.6) is 0 Å². The Balaban J connectivity index is 0. The first-order chi connectivity index (χ1) is 5.18. The summed E-state index contributed by atoms with van der Waals surface area (Å²) in [6, 6.07) is 0. The largest absolute Gasteiger partial charge is 0.481 e. The van der Waals surface area contributed by atoms with Crippen molar-refractivity contribution in [3.8, 4) is 0 Å². The lowest BCUT2D eigenvalue weighted by Gasteiger charge is -1.89. The van der Waals surface area contributed by atoms with Crippen molar-refractivity contribution >= 4 is 5.97 Å². The summed E-state index contributed by atoms with van der Waals surface area (Å²) in [5, 5.41) is 8.14. The molecule has 65 valence electrons. The molecule has 0 aliphatic heterocycles. The third kappa shape index (κ3) is 27.0. The number of rotatable bonds is 4. The van der Waals surface area contributed by atoms with Crippen LogP contribution in [0.3, 0.4) is 0 Å². The SMILES string of the molecule is CCCCCC(=O)O.[CH2]C=C. The van der Waals surface area contributed by atoms with E-state index in [1.54, 1.807) is 0 Å². The van der Waals surface area contributed by atoms with Crippen LogP contribution in [0.1, 0.15) is 32.6 Å². The molecule has 11 heavy (non-hydrogen) atoms. The van der Waals surface area contributed by atoms with E-state index in [0.29, 0.717) is 6.42 Å². The van der Waals surface area contributed by atoms with Crippen molar-refractivity contribution in [1.29, 1.82) is 0 Å². The Morgan fingerprint density at radius 2 is 2.00 bits per heavy atom. The van der Waals surface area contributed by atoms with Gasteiger partial charge in [-0.25, -0.2) is 0 Å². The lowest BCUT2D eigenvalue weighted by atomic mass is 10.2. The van der Waals surface area contributed by atoms with E-state index >= 15 is 0 Å². The van der Waals surface area contributed by atoms with Crippen LogP contribution >= 0.6 is 0 Å². The van der Waals surface area contributed by atoms with Crippen molar-refractivity contribution in [2.24, 2.45) is 0 Å². The highest BCUT2D eigenvalue weighted by molar-refractivity contribution is 5.66. The molecule has 1 N–H and O–H groups in total. The summed E-state index contributed by atoms with van der Waals surface area (Å²) in [6.07, 6.45) is 4.78. The number of hydrogen-bond acceptors (Lipinski definition) is 1. The van der Waals surface area contributed by atoms with Crippen LogP contribution in [0.15, 0.2) is 12.7 Å². The molecule has 0 rings (SSSR count). The highest BCUT2D eigenvalue weighted by Crippen LogP contribution is 1.97. The Hall–Kier alpha value is -0.790. The Morgan fingerprint density at radius 3 is 2.27 bits per heavy atom. The fraction of sp³-hybridized carbons (Fsp3) is 0.556. The number of allylic oxidation sites excluding steroid dienone is 1. The van der Waals surface area contributed by atoms with Crippen molar-refractivity contribution in [2.45, 2.75) is 32.6 Å². The number of carbonyl (C=O) groups is 1. The molecule has 0 bridgehead atoms. The van der Waals surface area contributed by atoms with Gasteiger partial charge in [0, 0.05) is 6.42 Å². The highest BCUT2D eigenvalue weighted by atomic mass is 16.4. The molecular weight excluding hydrogens is 140 g/mol. The van der Waals surface area contributed by atoms with Gasteiger partial charge in [-0.1, -0.05) is 25.8 Å². The van der Waals surface area contributed by atoms with Crippen LogP contribution in [0, 0.1) is 6.92 Å². The van der Waals surface area contributed by atoms with Crippen molar-refractivity contribution in [2.75, 3.05) is 0 Å². The first kappa shape index (κ1) is 12.8. The molecule has 0 saturated carbocycles. The summed E-state index contributed by atoms with van der Waals surface area (Å²) in [4.78, 5) is 9.87. The Bertz CT molecular complexity index is 97.7. The molecule has 0 aromatic rings. The van der Waals surface area contributed by atoms with E-state index < -0.39 is 5.97 Å². The molecule has 0 unspecified atom stereocenters. The van der Waals surface area contributed by atoms with Gasteiger partial charge in [-0.3, -0.25) is 4.79 Å². The van der Waals surface area contributed by atoms with Crippen LogP contribution in [-0.4, -0.2) is 11.1 Å². The van der Waals surface area contributed by atoms with E-state index in [0.717, 1.165) is 19.3 Å².